The van der Waals surface area contributed by atoms with Gasteiger partial charge in [-0.15, -0.1) is 0 Å². The molecule has 3 saturated heterocycles. The lowest BCUT2D eigenvalue weighted by atomic mass is 10.3. The Bertz CT molecular complexity index is 176. The van der Waals surface area contributed by atoms with E-state index < -0.39 is 0 Å². The molecule has 0 spiro atoms. The molecule has 0 amide bonds. The molecule has 3 rings (SSSR count). The summed E-state index contributed by atoms with van der Waals surface area (Å²) in [6, 6.07) is 0. The fourth-order valence-electron chi connectivity index (χ4n) is 2.11. The molecule has 0 saturated carbocycles. The molecule has 0 bridgehead atoms. The van der Waals surface area contributed by atoms with Crippen molar-refractivity contribution in [3.63, 3.8) is 0 Å². The lowest BCUT2D eigenvalue weighted by Crippen LogP contribution is -2.76. The van der Waals surface area contributed by atoms with Gasteiger partial charge in [-0.2, -0.15) is 0 Å². The summed E-state index contributed by atoms with van der Waals surface area (Å²) >= 11 is 0. The minimum atomic E-state index is 0. The summed E-state index contributed by atoms with van der Waals surface area (Å²) in [5.41, 5.74) is 6.90. The Morgan fingerprint density at radius 2 is 1.33 bits per heavy atom. The molecule has 88 valence electrons. The molecule has 0 aromatic carbocycles. The van der Waals surface area contributed by atoms with Crippen LogP contribution in [-0.2, 0) is 9.47 Å². The standard InChI is InChI=1S/C8H16N4O2.H2O/c1-3-13-5-7-10-12-2-4-14-6-8(12)9-11(1)7;/h7-10H,1-6H2;1H2/t7-,8+;. The average molecular weight is 218 g/mol. The van der Waals surface area contributed by atoms with Crippen molar-refractivity contribution in [1.82, 2.24) is 20.9 Å². The summed E-state index contributed by atoms with van der Waals surface area (Å²) in [4.78, 5) is 0. The molecule has 3 aliphatic rings. The molecule has 0 unspecified atom stereocenters. The highest BCUT2D eigenvalue weighted by molar-refractivity contribution is 4.80. The van der Waals surface area contributed by atoms with E-state index >= 15 is 0 Å². The van der Waals surface area contributed by atoms with Gasteiger partial charge in [0.05, 0.1) is 26.4 Å². The van der Waals surface area contributed by atoms with Crippen molar-refractivity contribution in [3.05, 3.63) is 0 Å². The molecule has 0 radical (unpaired) electrons. The van der Waals surface area contributed by atoms with E-state index in [1.807, 2.05) is 0 Å². The quantitative estimate of drug-likeness (QED) is 0.468. The molecule has 2 atom stereocenters. The number of hydrogen-bond acceptors (Lipinski definition) is 6. The van der Waals surface area contributed by atoms with Crippen LogP contribution in [0.1, 0.15) is 0 Å². The number of fused-ring (bicyclic) bond motifs is 2. The summed E-state index contributed by atoms with van der Waals surface area (Å²) in [7, 11) is 0. The first-order valence-corrected chi connectivity index (χ1v) is 5.14. The van der Waals surface area contributed by atoms with E-state index in [1.54, 1.807) is 0 Å². The molecule has 7 heteroatoms. The Kier molecular flexibility index (Phi) is 3.52. The van der Waals surface area contributed by atoms with Crippen molar-refractivity contribution in [2.45, 2.75) is 12.3 Å². The summed E-state index contributed by atoms with van der Waals surface area (Å²) in [6.45, 7) is 4.97. The lowest BCUT2D eigenvalue weighted by Gasteiger charge is -2.50. The van der Waals surface area contributed by atoms with Crippen LogP contribution in [0, 0.1) is 0 Å². The van der Waals surface area contributed by atoms with Gasteiger partial charge in [-0.25, -0.2) is 20.9 Å². The molecule has 3 heterocycles. The Labute approximate surface area is 88.5 Å². The molecule has 3 fully saturated rings. The highest BCUT2D eigenvalue weighted by Gasteiger charge is 2.36. The first-order chi connectivity index (χ1) is 6.93. The zero-order chi connectivity index (χ0) is 9.38. The molecule has 7 nitrogen and oxygen atoms in total. The number of ether oxygens (including phenoxy) is 2. The van der Waals surface area contributed by atoms with Gasteiger partial charge in [-0.1, -0.05) is 0 Å². The van der Waals surface area contributed by atoms with E-state index in [9.17, 15) is 0 Å². The van der Waals surface area contributed by atoms with Crippen LogP contribution in [0.2, 0.25) is 0 Å². The minimum absolute atomic E-state index is 0. The number of nitrogens with one attached hydrogen (secondary N) is 2. The Balaban J connectivity index is 0.000000853. The molecule has 0 aliphatic carbocycles. The number of nitrogens with zero attached hydrogens (tertiary/aromatic N) is 2. The third-order valence-electron chi connectivity index (χ3n) is 2.89. The Morgan fingerprint density at radius 3 is 1.80 bits per heavy atom. The average Bonchev–Trinajstić information content (AvgIpc) is 2.26. The van der Waals surface area contributed by atoms with Crippen molar-refractivity contribution in [3.8, 4) is 0 Å². The highest BCUT2D eigenvalue weighted by atomic mass is 16.5. The van der Waals surface area contributed by atoms with Crippen LogP contribution >= 0.6 is 0 Å². The number of rotatable bonds is 0. The lowest BCUT2D eigenvalue weighted by molar-refractivity contribution is -0.180. The summed E-state index contributed by atoms with van der Waals surface area (Å²) < 4.78 is 10.8. The van der Waals surface area contributed by atoms with E-state index in [1.165, 1.54) is 0 Å². The zero-order valence-corrected chi connectivity index (χ0v) is 8.61. The maximum Gasteiger partial charge on any atom is 0.110 e. The fourth-order valence-corrected chi connectivity index (χ4v) is 2.11. The van der Waals surface area contributed by atoms with Crippen LogP contribution in [0.5, 0.6) is 0 Å². The van der Waals surface area contributed by atoms with Gasteiger partial charge in [0.25, 0.3) is 0 Å². The number of hydrazine groups is 2. The predicted molar refractivity (Wildman–Crippen MR) is 52.5 cm³/mol. The van der Waals surface area contributed by atoms with Crippen LogP contribution in [-0.4, -0.2) is 67.3 Å². The van der Waals surface area contributed by atoms with Crippen LogP contribution in [0.25, 0.3) is 0 Å². The van der Waals surface area contributed by atoms with Crippen molar-refractivity contribution in [1.29, 1.82) is 0 Å². The van der Waals surface area contributed by atoms with Crippen LogP contribution in [0.15, 0.2) is 0 Å². The second-order valence-electron chi connectivity index (χ2n) is 3.83. The van der Waals surface area contributed by atoms with Crippen LogP contribution in [0.3, 0.4) is 0 Å². The third-order valence-corrected chi connectivity index (χ3v) is 2.89. The van der Waals surface area contributed by atoms with Gasteiger partial charge in [0, 0.05) is 13.1 Å². The predicted octanol–water partition coefficient (Wildman–Crippen LogP) is -2.50. The molecular formula is C8H18N4O3. The van der Waals surface area contributed by atoms with Crippen molar-refractivity contribution in [2.24, 2.45) is 0 Å². The minimum Gasteiger partial charge on any atom is -0.412 e. The molecular weight excluding hydrogens is 200 g/mol. The van der Waals surface area contributed by atoms with Gasteiger partial charge < -0.3 is 14.9 Å². The first kappa shape index (κ1) is 11.2. The van der Waals surface area contributed by atoms with Gasteiger partial charge in [0.1, 0.15) is 12.3 Å². The van der Waals surface area contributed by atoms with Gasteiger partial charge in [0.15, 0.2) is 0 Å². The molecule has 0 aromatic rings. The maximum absolute atomic E-state index is 5.42. The second kappa shape index (κ2) is 4.71. The smallest absolute Gasteiger partial charge is 0.110 e. The van der Waals surface area contributed by atoms with E-state index in [0.29, 0.717) is 0 Å². The monoisotopic (exact) mass is 218 g/mol. The third kappa shape index (κ3) is 2.13. The topological polar surface area (TPSA) is 80.5 Å². The maximum atomic E-state index is 5.42. The molecule has 3 aliphatic heterocycles. The van der Waals surface area contributed by atoms with Gasteiger partial charge in [-0.3, -0.25) is 0 Å². The van der Waals surface area contributed by atoms with Gasteiger partial charge >= 0.3 is 0 Å². The first-order valence-electron chi connectivity index (χ1n) is 5.14. The number of hydrogen-bond donors (Lipinski definition) is 2. The van der Waals surface area contributed by atoms with Crippen molar-refractivity contribution >= 4 is 0 Å². The largest absolute Gasteiger partial charge is 0.412 e. The van der Waals surface area contributed by atoms with Crippen LogP contribution in [0.4, 0.5) is 0 Å². The summed E-state index contributed by atoms with van der Waals surface area (Å²) in [6.07, 6.45) is 0.552. The van der Waals surface area contributed by atoms with Gasteiger partial charge in [-0.05, 0) is 0 Å². The van der Waals surface area contributed by atoms with E-state index in [-0.39, 0.29) is 17.8 Å². The summed E-state index contributed by atoms with van der Waals surface area (Å²) in [5.74, 6) is 0. The fraction of sp³-hybridized carbons (Fsp3) is 1.00. The van der Waals surface area contributed by atoms with E-state index in [2.05, 4.69) is 20.9 Å². The van der Waals surface area contributed by atoms with Crippen molar-refractivity contribution in [2.75, 3.05) is 39.5 Å². The molecule has 0 aromatic heterocycles. The van der Waals surface area contributed by atoms with E-state index in [4.69, 9.17) is 9.47 Å². The van der Waals surface area contributed by atoms with Crippen molar-refractivity contribution < 1.29 is 14.9 Å². The number of morpholine rings is 2. The molecule has 15 heavy (non-hydrogen) atoms. The highest BCUT2D eigenvalue weighted by Crippen LogP contribution is 2.12. The normalized spacial score (nSPS) is 37.6. The Hall–Kier alpha value is -0.280. The van der Waals surface area contributed by atoms with Crippen LogP contribution < -0.4 is 10.9 Å². The molecule has 4 N–H and O–H groups in total. The SMILES string of the molecule is C1CN2N[C@@H]3COCCN3N[C@H]2CO1.O. The second-order valence-corrected chi connectivity index (χ2v) is 3.83. The zero-order valence-electron chi connectivity index (χ0n) is 8.61. The van der Waals surface area contributed by atoms with Gasteiger partial charge in [0.2, 0.25) is 0 Å². The van der Waals surface area contributed by atoms with E-state index in [0.717, 1.165) is 39.5 Å². The summed E-state index contributed by atoms with van der Waals surface area (Å²) in [5, 5.41) is 4.42. The Morgan fingerprint density at radius 1 is 0.867 bits per heavy atom.